The Morgan fingerprint density at radius 2 is 1.09 bits per heavy atom. The van der Waals surface area contributed by atoms with E-state index < -0.39 is 11.9 Å². The predicted molar refractivity (Wildman–Crippen MR) is 97.1 cm³/mol. The van der Waals surface area contributed by atoms with Gasteiger partial charge in [-0.25, -0.2) is 0 Å². The van der Waals surface area contributed by atoms with Gasteiger partial charge < -0.3 is 10.2 Å². The van der Waals surface area contributed by atoms with Crippen molar-refractivity contribution in [1.82, 2.24) is 0 Å². The Kier molecular flexibility index (Phi) is 10.6. The number of thioether (sulfide) groups is 1. The molecule has 0 aliphatic heterocycles. The Balaban J connectivity index is 3.65. The SMILES string of the molecule is CC(C)(CCCSCCCC(C)(C)CCC(=O)O)CCC(=O)O. The van der Waals surface area contributed by atoms with Crippen LogP contribution in [-0.2, 0) is 9.59 Å². The van der Waals surface area contributed by atoms with E-state index in [4.69, 9.17) is 10.2 Å². The number of rotatable bonds is 14. The summed E-state index contributed by atoms with van der Waals surface area (Å²) in [5.74, 6) is 0.814. The van der Waals surface area contributed by atoms with Crippen LogP contribution in [0, 0.1) is 10.8 Å². The molecule has 0 amide bonds. The zero-order chi connectivity index (χ0) is 17.9. The molecule has 0 aromatic carbocycles. The van der Waals surface area contributed by atoms with Crippen LogP contribution in [0.4, 0.5) is 0 Å². The Morgan fingerprint density at radius 1 is 0.739 bits per heavy atom. The summed E-state index contributed by atoms with van der Waals surface area (Å²) in [6.07, 6.45) is 6.38. The summed E-state index contributed by atoms with van der Waals surface area (Å²) >= 11 is 1.95. The maximum absolute atomic E-state index is 10.6. The molecule has 0 radical (unpaired) electrons. The van der Waals surface area contributed by atoms with E-state index in [-0.39, 0.29) is 23.7 Å². The van der Waals surface area contributed by atoms with Crippen molar-refractivity contribution in [3.05, 3.63) is 0 Å². The molecule has 2 N–H and O–H groups in total. The number of hydrogen-bond donors (Lipinski definition) is 2. The second kappa shape index (κ2) is 11.0. The lowest BCUT2D eigenvalue weighted by Gasteiger charge is -2.24. The third-order valence-electron chi connectivity index (χ3n) is 4.32. The second-order valence-electron chi connectivity index (χ2n) is 7.94. The highest BCUT2D eigenvalue weighted by Crippen LogP contribution is 2.30. The van der Waals surface area contributed by atoms with Gasteiger partial charge in [0.25, 0.3) is 0 Å². The minimum atomic E-state index is -0.710. The normalized spacial score (nSPS) is 12.3. The highest BCUT2D eigenvalue weighted by atomic mass is 32.2. The minimum Gasteiger partial charge on any atom is -0.481 e. The summed E-state index contributed by atoms with van der Waals surface area (Å²) in [6, 6.07) is 0. The monoisotopic (exact) mass is 346 g/mol. The average molecular weight is 347 g/mol. The Bertz CT molecular complexity index is 330. The zero-order valence-corrected chi connectivity index (χ0v) is 16.0. The molecule has 0 heterocycles. The molecule has 0 aromatic rings. The molecule has 5 heteroatoms. The molecule has 0 rings (SSSR count). The van der Waals surface area contributed by atoms with Crippen LogP contribution >= 0.6 is 11.8 Å². The van der Waals surface area contributed by atoms with E-state index in [0.29, 0.717) is 0 Å². The first-order valence-corrected chi connectivity index (χ1v) is 9.71. The van der Waals surface area contributed by atoms with E-state index in [9.17, 15) is 9.59 Å². The molecule has 0 fully saturated rings. The highest BCUT2D eigenvalue weighted by molar-refractivity contribution is 7.99. The molecule has 0 aliphatic carbocycles. The van der Waals surface area contributed by atoms with Crippen LogP contribution in [0.15, 0.2) is 0 Å². The van der Waals surface area contributed by atoms with E-state index in [1.165, 1.54) is 0 Å². The average Bonchev–Trinajstić information content (AvgIpc) is 2.42. The van der Waals surface area contributed by atoms with Crippen molar-refractivity contribution in [3.63, 3.8) is 0 Å². The Morgan fingerprint density at radius 3 is 1.39 bits per heavy atom. The van der Waals surface area contributed by atoms with Crippen LogP contribution in [0.25, 0.3) is 0 Å². The van der Waals surface area contributed by atoms with Crippen molar-refractivity contribution >= 4 is 23.7 Å². The van der Waals surface area contributed by atoms with E-state index >= 15 is 0 Å². The third kappa shape index (κ3) is 14.6. The molecule has 0 saturated carbocycles. The van der Waals surface area contributed by atoms with Crippen molar-refractivity contribution in [2.75, 3.05) is 11.5 Å². The Labute approximate surface area is 145 Å². The van der Waals surface area contributed by atoms with Crippen molar-refractivity contribution in [2.24, 2.45) is 10.8 Å². The maximum Gasteiger partial charge on any atom is 0.303 e. The first-order chi connectivity index (χ1) is 10.5. The van der Waals surface area contributed by atoms with Crippen LogP contribution in [0.1, 0.15) is 79.1 Å². The van der Waals surface area contributed by atoms with E-state index in [0.717, 1.165) is 50.0 Å². The molecule has 0 saturated heterocycles. The molecule has 4 nitrogen and oxygen atoms in total. The maximum atomic E-state index is 10.6. The van der Waals surface area contributed by atoms with Crippen LogP contribution < -0.4 is 0 Å². The highest BCUT2D eigenvalue weighted by Gasteiger charge is 2.19. The van der Waals surface area contributed by atoms with Crippen LogP contribution in [0.5, 0.6) is 0 Å². The van der Waals surface area contributed by atoms with Gasteiger partial charge in [-0.2, -0.15) is 11.8 Å². The first-order valence-electron chi connectivity index (χ1n) is 8.55. The fraction of sp³-hybridized carbons (Fsp3) is 0.889. The minimum absolute atomic E-state index is 0.109. The lowest BCUT2D eigenvalue weighted by molar-refractivity contribution is -0.138. The third-order valence-corrected chi connectivity index (χ3v) is 5.47. The lowest BCUT2D eigenvalue weighted by Crippen LogP contribution is -2.14. The summed E-state index contributed by atoms with van der Waals surface area (Å²) < 4.78 is 0. The largest absolute Gasteiger partial charge is 0.481 e. The topological polar surface area (TPSA) is 74.6 Å². The van der Waals surface area contributed by atoms with Gasteiger partial charge in [-0.15, -0.1) is 0 Å². The van der Waals surface area contributed by atoms with Crippen LogP contribution in [0.2, 0.25) is 0 Å². The summed E-state index contributed by atoms with van der Waals surface area (Å²) in [4.78, 5) is 21.2. The van der Waals surface area contributed by atoms with Crippen molar-refractivity contribution < 1.29 is 19.8 Å². The standard InChI is InChI=1S/C18H34O4S/c1-17(2,11-7-15(19)20)9-5-13-23-14-6-10-18(3,4)12-8-16(21)22/h5-14H2,1-4H3,(H,19,20)(H,21,22). The van der Waals surface area contributed by atoms with Gasteiger partial charge in [-0.3, -0.25) is 9.59 Å². The van der Waals surface area contributed by atoms with Gasteiger partial charge in [0, 0.05) is 12.8 Å². The Hall–Kier alpha value is -0.710. The lowest BCUT2D eigenvalue weighted by atomic mass is 9.83. The quantitative estimate of drug-likeness (QED) is 0.430. The molecule has 0 bridgehead atoms. The first kappa shape index (κ1) is 22.3. The molecule has 0 unspecified atom stereocenters. The molecule has 23 heavy (non-hydrogen) atoms. The predicted octanol–water partition coefficient (Wildman–Crippen LogP) is 5.06. The van der Waals surface area contributed by atoms with Gasteiger partial charge in [0.15, 0.2) is 0 Å². The summed E-state index contributed by atoms with van der Waals surface area (Å²) in [6.45, 7) is 8.58. The molecule has 0 aliphatic rings. The number of aliphatic carboxylic acids is 2. The van der Waals surface area contributed by atoms with Gasteiger partial charge in [0.1, 0.15) is 0 Å². The number of carbonyl (C=O) groups is 2. The van der Waals surface area contributed by atoms with E-state index in [2.05, 4.69) is 27.7 Å². The molecule has 0 aromatic heterocycles. The number of carboxylic acid groups (broad SMARTS) is 2. The molecule has 0 atom stereocenters. The zero-order valence-electron chi connectivity index (χ0n) is 15.2. The number of hydrogen-bond acceptors (Lipinski definition) is 3. The fourth-order valence-corrected chi connectivity index (χ4v) is 3.45. The number of carboxylic acids is 2. The van der Waals surface area contributed by atoms with Gasteiger partial charge in [-0.05, 0) is 60.9 Å². The van der Waals surface area contributed by atoms with E-state index in [1.807, 2.05) is 11.8 Å². The second-order valence-corrected chi connectivity index (χ2v) is 9.16. The van der Waals surface area contributed by atoms with Gasteiger partial charge >= 0.3 is 11.9 Å². The molecule has 136 valence electrons. The summed E-state index contributed by atoms with van der Waals surface area (Å²) in [5.41, 5.74) is 0.218. The smallest absolute Gasteiger partial charge is 0.303 e. The molecular weight excluding hydrogens is 312 g/mol. The van der Waals surface area contributed by atoms with Gasteiger partial charge in [-0.1, -0.05) is 27.7 Å². The summed E-state index contributed by atoms with van der Waals surface area (Å²) in [5, 5.41) is 17.5. The van der Waals surface area contributed by atoms with Crippen molar-refractivity contribution in [1.29, 1.82) is 0 Å². The van der Waals surface area contributed by atoms with Crippen molar-refractivity contribution in [3.8, 4) is 0 Å². The van der Waals surface area contributed by atoms with Crippen LogP contribution in [0.3, 0.4) is 0 Å². The van der Waals surface area contributed by atoms with Crippen LogP contribution in [-0.4, -0.2) is 33.7 Å². The summed E-state index contributed by atoms with van der Waals surface area (Å²) in [7, 11) is 0. The van der Waals surface area contributed by atoms with Crippen molar-refractivity contribution in [2.45, 2.75) is 79.1 Å². The van der Waals surface area contributed by atoms with E-state index in [1.54, 1.807) is 0 Å². The fourth-order valence-electron chi connectivity index (χ4n) is 2.55. The van der Waals surface area contributed by atoms with Gasteiger partial charge in [0.05, 0.1) is 0 Å². The molecule has 0 spiro atoms. The van der Waals surface area contributed by atoms with Gasteiger partial charge in [0.2, 0.25) is 0 Å². The molecular formula is C18H34O4S.